The molecule has 1 aromatic rings. The monoisotopic (exact) mass is 289 g/mol. The number of alkyl halides is 3. The maximum absolute atomic E-state index is 12.0. The van der Waals surface area contributed by atoms with E-state index in [1.165, 1.54) is 6.07 Å². The van der Waals surface area contributed by atoms with Gasteiger partial charge in [0.25, 0.3) is 0 Å². The molecule has 0 atom stereocenters. The Bertz CT molecular complexity index is 414. The quantitative estimate of drug-likeness (QED) is 0.844. The van der Waals surface area contributed by atoms with Crippen LogP contribution in [-0.4, -0.2) is 60.8 Å². The molecule has 7 heteroatoms. The van der Waals surface area contributed by atoms with Crippen molar-refractivity contribution in [2.24, 2.45) is 0 Å². The van der Waals surface area contributed by atoms with E-state index in [1.54, 1.807) is 12.3 Å². The summed E-state index contributed by atoms with van der Waals surface area (Å²) in [4.78, 5) is 8.47. The standard InChI is InChI=1S/C13H18F3N3O/c1-18-4-6-19(7-5-18)9-11-2-3-12(17-8-11)20-10-13(14,15)16/h2-3,8H,4-7,9-10H2,1H3. The summed E-state index contributed by atoms with van der Waals surface area (Å²) in [7, 11) is 2.09. The van der Waals surface area contributed by atoms with Gasteiger partial charge < -0.3 is 9.64 Å². The molecule has 0 amide bonds. The summed E-state index contributed by atoms with van der Waals surface area (Å²) in [6.07, 6.45) is -2.76. The molecule has 2 rings (SSSR count). The highest BCUT2D eigenvalue weighted by Gasteiger charge is 2.28. The van der Waals surface area contributed by atoms with Gasteiger partial charge in [-0.05, 0) is 12.6 Å². The van der Waals surface area contributed by atoms with Crippen LogP contribution in [0.15, 0.2) is 18.3 Å². The lowest BCUT2D eigenvalue weighted by molar-refractivity contribution is -0.154. The number of hydrogen-bond acceptors (Lipinski definition) is 4. The number of aromatic nitrogens is 1. The molecule has 20 heavy (non-hydrogen) atoms. The lowest BCUT2D eigenvalue weighted by Gasteiger charge is -2.32. The van der Waals surface area contributed by atoms with E-state index < -0.39 is 12.8 Å². The second-order valence-electron chi connectivity index (χ2n) is 4.99. The van der Waals surface area contributed by atoms with Crippen LogP contribution in [0.1, 0.15) is 5.56 Å². The average Bonchev–Trinajstić information content (AvgIpc) is 2.40. The average molecular weight is 289 g/mol. The molecule has 2 heterocycles. The fraction of sp³-hybridized carbons (Fsp3) is 0.615. The summed E-state index contributed by atoms with van der Waals surface area (Å²) in [6.45, 7) is 3.49. The minimum Gasteiger partial charge on any atom is -0.468 e. The van der Waals surface area contributed by atoms with E-state index >= 15 is 0 Å². The zero-order valence-electron chi connectivity index (χ0n) is 11.4. The largest absolute Gasteiger partial charge is 0.468 e. The number of hydrogen-bond donors (Lipinski definition) is 0. The third-order valence-corrected chi connectivity index (χ3v) is 3.18. The van der Waals surface area contributed by atoms with Crippen molar-refractivity contribution in [2.45, 2.75) is 12.7 Å². The summed E-state index contributed by atoms with van der Waals surface area (Å²) < 4.78 is 40.6. The van der Waals surface area contributed by atoms with Gasteiger partial charge in [0.05, 0.1) is 0 Å². The first kappa shape index (κ1) is 15.1. The SMILES string of the molecule is CN1CCN(Cc2ccc(OCC(F)(F)F)nc2)CC1. The first-order valence-electron chi connectivity index (χ1n) is 6.48. The fourth-order valence-corrected chi connectivity index (χ4v) is 2.01. The van der Waals surface area contributed by atoms with Crippen molar-refractivity contribution in [3.05, 3.63) is 23.9 Å². The van der Waals surface area contributed by atoms with Crippen LogP contribution in [0.3, 0.4) is 0 Å². The summed E-state index contributed by atoms with van der Waals surface area (Å²) >= 11 is 0. The molecule has 0 unspecified atom stereocenters. The van der Waals surface area contributed by atoms with E-state index in [0.717, 1.165) is 38.3 Å². The smallest absolute Gasteiger partial charge is 0.422 e. The van der Waals surface area contributed by atoms with Crippen molar-refractivity contribution in [2.75, 3.05) is 39.8 Å². The van der Waals surface area contributed by atoms with E-state index in [-0.39, 0.29) is 5.88 Å². The molecule has 1 fully saturated rings. The lowest BCUT2D eigenvalue weighted by atomic mass is 10.2. The van der Waals surface area contributed by atoms with Crippen molar-refractivity contribution < 1.29 is 17.9 Å². The van der Waals surface area contributed by atoms with Crippen molar-refractivity contribution in [1.82, 2.24) is 14.8 Å². The zero-order chi connectivity index (χ0) is 14.6. The van der Waals surface area contributed by atoms with Crippen LogP contribution in [0.2, 0.25) is 0 Å². The number of likely N-dealkylation sites (N-methyl/N-ethyl adjacent to an activating group) is 1. The van der Waals surface area contributed by atoms with Gasteiger partial charge in [-0.3, -0.25) is 4.90 Å². The highest BCUT2D eigenvalue weighted by Crippen LogP contribution is 2.17. The van der Waals surface area contributed by atoms with Gasteiger partial charge in [-0.1, -0.05) is 6.07 Å². The third-order valence-electron chi connectivity index (χ3n) is 3.18. The van der Waals surface area contributed by atoms with E-state index in [1.807, 2.05) is 0 Å². The van der Waals surface area contributed by atoms with Gasteiger partial charge in [0, 0.05) is 45.0 Å². The minimum atomic E-state index is -4.33. The Kier molecular flexibility index (Phi) is 4.82. The van der Waals surface area contributed by atoms with Crippen LogP contribution in [0.5, 0.6) is 5.88 Å². The normalized spacial score (nSPS) is 18.2. The first-order valence-corrected chi connectivity index (χ1v) is 6.48. The van der Waals surface area contributed by atoms with E-state index in [0.29, 0.717) is 0 Å². The Hall–Kier alpha value is -1.34. The summed E-state index contributed by atoms with van der Waals surface area (Å²) in [5, 5.41) is 0. The minimum absolute atomic E-state index is 0.00412. The van der Waals surface area contributed by atoms with Crippen LogP contribution < -0.4 is 4.74 Å². The number of ether oxygens (including phenoxy) is 1. The Morgan fingerprint density at radius 3 is 2.45 bits per heavy atom. The number of pyridine rings is 1. The highest BCUT2D eigenvalue weighted by molar-refractivity contribution is 5.17. The molecule has 4 nitrogen and oxygen atoms in total. The van der Waals surface area contributed by atoms with Crippen LogP contribution in [-0.2, 0) is 6.54 Å². The number of rotatable bonds is 4. The van der Waals surface area contributed by atoms with Gasteiger partial charge >= 0.3 is 6.18 Å². The maximum atomic E-state index is 12.0. The van der Waals surface area contributed by atoms with Crippen molar-refractivity contribution in [3.63, 3.8) is 0 Å². The van der Waals surface area contributed by atoms with Gasteiger partial charge in [-0.15, -0.1) is 0 Å². The van der Waals surface area contributed by atoms with Crippen LogP contribution >= 0.6 is 0 Å². The molecule has 1 aromatic heterocycles. The second kappa shape index (κ2) is 6.41. The molecular weight excluding hydrogens is 271 g/mol. The van der Waals surface area contributed by atoms with Gasteiger partial charge in [-0.25, -0.2) is 4.98 Å². The Morgan fingerprint density at radius 2 is 1.90 bits per heavy atom. The molecule has 0 bridgehead atoms. The first-order chi connectivity index (χ1) is 9.42. The predicted molar refractivity (Wildman–Crippen MR) is 68.6 cm³/mol. The van der Waals surface area contributed by atoms with Crippen LogP contribution in [0, 0.1) is 0 Å². The summed E-state index contributed by atoms with van der Waals surface area (Å²) in [6, 6.07) is 3.24. The highest BCUT2D eigenvalue weighted by atomic mass is 19.4. The summed E-state index contributed by atoms with van der Waals surface area (Å²) in [5.74, 6) is 0.00412. The summed E-state index contributed by atoms with van der Waals surface area (Å²) in [5.41, 5.74) is 0.980. The Balaban J connectivity index is 1.82. The molecule has 112 valence electrons. The molecule has 0 aromatic carbocycles. The number of piperazine rings is 1. The molecule has 1 saturated heterocycles. The fourth-order valence-electron chi connectivity index (χ4n) is 2.01. The molecule has 0 N–H and O–H groups in total. The van der Waals surface area contributed by atoms with Gasteiger partial charge in [-0.2, -0.15) is 13.2 Å². The van der Waals surface area contributed by atoms with Crippen molar-refractivity contribution in [3.8, 4) is 5.88 Å². The van der Waals surface area contributed by atoms with Gasteiger partial charge in [0.2, 0.25) is 5.88 Å². The van der Waals surface area contributed by atoms with Crippen molar-refractivity contribution in [1.29, 1.82) is 0 Å². The van der Waals surface area contributed by atoms with E-state index in [9.17, 15) is 13.2 Å². The second-order valence-corrected chi connectivity index (χ2v) is 4.99. The number of nitrogens with zero attached hydrogens (tertiary/aromatic N) is 3. The molecule has 0 saturated carbocycles. The maximum Gasteiger partial charge on any atom is 0.422 e. The van der Waals surface area contributed by atoms with Gasteiger partial charge in [0.15, 0.2) is 6.61 Å². The molecule has 1 aliphatic rings. The third kappa shape index (κ3) is 4.97. The molecule has 0 radical (unpaired) electrons. The molecule has 0 spiro atoms. The van der Waals surface area contributed by atoms with Crippen LogP contribution in [0.25, 0.3) is 0 Å². The zero-order valence-corrected chi connectivity index (χ0v) is 11.4. The molecular formula is C13H18F3N3O. The van der Waals surface area contributed by atoms with Crippen molar-refractivity contribution >= 4 is 0 Å². The Morgan fingerprint density at radius 1 is 1.20 bits per heavy atom. The predicted octanol–water partition coefficient (Wildman–Crippen LogP) is 1.77. The van der Waals surface area contributed by atoms with E-state index in [4.69, 9.17) is 0 Å². The van der Waals surface area contributed by atoms with E-state index in [2.05, 4.69) is 26.6 Å². The molecule has 0 aliphatic carbocycles. The number of halogens is 3. The van der Waals surface area contributed by atoms with Crippen LogP contribution in [0.4, 0.5) is 13.2 Å². The molecule has 1 aliphatic heterocycles. The van der Waals surface area contributed by atoms with Gasteiger partial charge in [0.1, 0.15) is 0 Å². The Labute approximate surface area is 116 Å². The topological polar surface area (TPSA) is 28.6 Å². The lowest BCUT2D eigenvalue weighted by Crippen LogP contribution is -2.43.